The van der Waals surface area contributed by atoms with Crippen molar-refractivity contribution >= 4 is 55.1 Å². The van der Waals surface area contributed by atoms with Gasteiger partial charge in [-0.05, 0) is 66.4 Å². The number of nitrogens with zero attached hydrogens (tertiary/aromatic N) is 2. The molecule has 13 heteroatoms. The number of rotatable bonds is 12. The van der Waals surface area contributed by atoms with Crippen molar-refractivity contribution in [2.24, 2.45) is 0 Å². The average molecular weight is 791 g/mol. The molecule has 1 atom stereocenters. The van der Waals surface area contributed by atoms with Crippen LogP contribution in [-0.2, 0) is 38.8 Å². The molecule has 1 N–H and O–H groups in total. The van der Waals surface area contributed by atoms with Gasteiger partial charge in [0.15, 0.2) is 0 Å². The van der Waals surface area contributed by atoms with Gasteiger partial charge in [0.05, 0.1) is 21.2 Å². The minimum absolute atomic E-state index is 0.0741. The maximum atomic E-state index is 14.6. The molecule has 1 saturated carbocycles. The minimum atomic E-state index is -4.90. The van der Waals surface area contributed by atoms with Crippen LogP contribution in [0.3, 0.4) is 0 Å². The number of amides is 2. The number of hydrogen-bond acceptors (Lipinski definition) is 4. The number of hydrogen-bond donors (Lipinski definition) is 1. The Balaban J connectivity index is 1.60. The maximum Gasteiger partial charge on any atom is 0.417 e. The van der Waals surface area contributed by atoms with Gasteiger partial charge in [0.1, 0.15) is 12.6 Å². The molecule has 0 heterocycles. The van der Waals surface area contributed by atoms with Crippen molar-refractivity contribution in [1.82, 2.24) is 10.2 Å². The summed E-state index contributed by atoms with van der Waals surface area (Å²) in [6.45, 7) is -0.968. The van der Waals surface area contributed by atoms with Crippen molar-refractivity contribution in [3.05, 3.63) is 129 Å². The highest BCUT2D eigenvalue weighted by atomic mass is 79.9. The monoisotopic (exact) mass is 789 g/mol. The number of nitrogens with one attached hydrogen (secondary N) is 1. The zero-order valence-electron chi connectivity index (χ0n) is 27.0. The first-order valence-electron chi connectivity index (χ1n) is 16.2. The molecule has 5 rings (SSSR count). The molecule has 1 aliphatic rings. The van der Waals surface area contributed by atoms with E-state index in [-0.39, 0.29) is 23.9 Å². The van der Waals surface area contributed by atoms with Gasteiger partial charge in [0.25, 0.3) is 10.0 Å². The van der Waals surface area contributed by atoms with Crippen molar-refractivity contribution in [2.45, 2.75) is 68.2 Å². The lowest BCUT2D eigenvalue weighted by Gasteiger charge is -2.35. The predicted octanol–water partition coefficient (Wildman–Crippen LogP) is 8.41. The number of benzene rings is 4. The lowest BCUT2D eigenvalue weighted by Crippen LogP contribution is -2.55. The fourth-order valence-electron chi connectivity index (χ4n) is 6.02. The molecule has 0 radical (unpaired) electrons. The van der Waals surface area contributed by atoms with Crippen molar-refractivity contribution in [3.8, 4) is 0 Å². The van der Waals surface area contributed by atoms with E-state index in [9.17, 15) is 31.2 Å². The summed E-state index contributed by atoms with van der Waals surface area (Å²) in [6.07, 6.45) is -0.193. The van der Waals surface area contributed by atoms with Gasteiger partial charge in [0.2, 0.25) is 11.8 Å². The van der Waals surface area contributed by atoms with Gasteiger partial charge in [0, 0.05) is 23.5 Å². The molecule has 7 nitrogen and oxygen atoms in total. The molecular weight excluding hydrogens is 755 g/mol. The summed E-state index contributed by atoms with van der Waals surface area (Å²) in [6, 6.07) is 24.9. The molecule has 0 bridgehead atoms. The number of sulfonamides is 1. The van der Waals surface area contributed by atoms with E-state index in [0.29, 0.717) is 15.9 Å². The third-order valence-corrected chi connectivity index (χ3v) is 11.3. The second kappa shape index (κ2) is 16.4. The van der Waals surface area contributed by atoms with Crippen molar-refractivity contribution in [2.75, 3.05) is 10.8 Å². The van der Waals surface area contributed by atoms with Gasteiger partial charge in [-0.25, -0.2) is 8.42 Å². The first kappa shape index (κ1) is 37.4. The standard InChI is InChI=1S/C37H36BrClF3N3O4S/c38-28-18-16-27(17-19-28)24-44(34(22-26-10-4-1-5-11-26)36(47)43-29-12-6-2-7-13-29)35(46)25-45(50(48,49)31-14-8-3-9-15-31)30-20-21-33(39)32(23-30)37(40,41)42/h1,3-5,8-11,14-21,23,29,34H,2,6-7,12-13,22,24-25H2,(H,43,47)/t34-/m0/s1. The molecule has 0 aromatic heterocycles. The summed E-state index contributed by atoms with van der Waals surface area (Å²) < 4.78 is 71.7. The fourth-order valence-corrected chi connectivity index (χ4v) is 7.93. The van der Waals surface area contributed by atoms with Crippen molar-refractivity contribution in [1.29, 1.82) is 0 Å². The molecule has 0 saturated heterocycles. The minimum Gasteiger partial charge on any atom is -0.352 e. The van der Waals surface area contributed by atoms with E-state index in [1.165, 1.54) is 29.2 Å². The largest absolute Gasteiger partial charge is 0.417 e. The normalized spacial score (nSPS) is 14.5. The quantitative estimate of drug-likeness (QED) is 0.156. The summed E-state index contributed by atoms with van der Waals surface area (Å²) in [5.41, 5.74) is -0.230. The Kier molecular flexibility index (Phi) is 12.3. The average Bonchev–Trinajstić information content (AvgIpc) is 3.10. The van der Waals surface area contributed by atoms with Crippen LogP contribution < -0.4 is 9.62 Å². The van der Waals surface area contributed by atoms with Crippen LogP contribution in [0.5, 0.6) is 0 Å². The van der Waals surface area contributed by atoms with E-state index >= 15 is 0 Å². The molecule has 0 spiro atoms. The molecule has 4 aromatic rings. The molecule has 0 unspecified atom stereocenters. The Hall–Kier alpha value is -3.87. The van der Waals surface area contributed by atoms with Gasteiger partial charge in [-0.1, -0.05) is 107 Å². The number of carbonyl (C=O) groups excluding carboxylic acids is 2. The number of anilines is 1. The third kappa shape index (κ3) is 9.46. The van der Waals surface area contributed by atoms with E-state index in [4.69, 9.17) is 11.6 Å². The van der Waals surface area contributed by atoms with Crippen LogP contribution >= 0.6 is 27.5 Å². The lowest BCUT2D eigenvalue weighted by molar-refractivity contribution is -0.140. The van der Waals surface area contributed by atoms with E-state index in [0.717, 1.165) is 54.3 Å². The third-order valence-electron chi connectivity index (χ3n) is 8.64. The fraction of sp³-hybridized carbons (Fsp3) is 0.297. The van der Waals surface area contributed by atoms with Gasteiger partial charge >= 0.3 is 6.18 Å². The molecule has 1 aliphatic carbocycles. The number of carbonyl (C=O) groups is 2. The highest BCUT2D eigenvalue weighted by Gasteiger charge is 2.38. The summed E-state index contributed by atoms with van der Waals surface area (Å²) in [5.74, 6) is -1.18. The van der Waals surface area contributed by atoms with Crippen LogP contribution in [0, 0.1) is 0 Å². The smallest absolute Gasteiger partial charge is 0.352 e. The molecule has 4 aromatic carbocycles. The van der Waals surface area contributed by atoms with Gasteiger partial charge in [-0.3, -0.25) is 13.9 Å². The first-order chi connectivity index (χ1) is 23.8. The Morgan fingerprint density at radius 2 is 1.48 bits per heavy atom. The molecule has 1 fully saturated rings. The topological polar surface area (TPSA) is 86.8 Å². The zero-order chi connectivity index (χ0) is 35.9. The molecular formula is C37H36BrClF3N3O4S. The molecule has 264 valence electrons. The molecule has 0 aliphatic heterocycles. The maximum absolute atomic E-state index is 14.6. The van der Waals surface area contributed by atoms with Crippen LogP contribution in [0.25, 0.3) is 0 Å². The van der Waals surface area contributed by atoms with Crippen LogP contribution in [0.1, 0.15) is 48.8 Å². The van der Waals surface area contributed by atoms with Gasteiger partial charge in [-0.2, -0.15) is 13.2 Å². The van der Waals surface area contributed by atoms with Crippen LogP contribution in [0.4, 0.5) is 18.9 Å². The molecule has 2 amide bonds. The predicted molar refractivity (Wildman–Crippen MR) is 191 cm³/mol. The lowest BCUT2D eigenvalue weighted by atomic mass is 9.94. The Labute approximate surface area is 303 Å². The number of halogens is 5. The Morgan fingerprint density at radius 1 is 0.860 bits per heavy atom. The SMILES string of the molecule is O=C(NC1CCCCC1)[C@H](Cc1ccccc1)N(Cc1ccc(Br)cc1)C(=O)CN(c1ccc(Cl)c(C(F)(F)F)c1)S(=O)(=O)c1ccccc1. The van der Waals surface area contributed by atoms with Crippen molar-refractivity contribution in [3.63, 3.8) is 0 Å². The highest BCUT2D eigenvalue weighted by Crippen LogP contribution is 2.38. The summed E-state index contributed by atoms with van der Waals surface area (Å²) in [4.78, 5) is 29.9. The Bertz CT molecular complexity index is 1880. The van der Waals surface area contributed by atoms with Gasteiger partial charge < -0.3 is 10.2 Å². The van der Waals surface area contributed by atoms with E-state index in [1.807, 2.05) is 30.3 Å². The van der Waals surface area contributed by atoms with Crippen LogP contribution in [-0.4, -0.2) is 43.8 Å². The second-order valence-electron chi connectivity index (χ2n) is 12.2. The Morgan fingerprint density at radius 3 is 2.10 bits per heavy atom. The summed E-state index contributed by atoms with van der Waals surface area (Å²) in [5, 5.41) is 2.51. The number of alkyl halides is 3. The van der Waals surface area contributed by atoms with E-state index in [2.05, 4.69) is 21.2 Å². The van der Waals surface area contributed by atoms with Gasteiger partial charge in [-0.15, -0.1) is 0 Å². The highest BCUT2D eigenvalue weighted by molar-refractivity contribution is 9.10. The van der Waals surface area contributed by atoms with Crippen LogP contribution in [0.15, 0.2) is 112 Å². The first-order valence-corrected chi connectivity index (χ1v) is 18.8. The van der Waals surface area contributed by atoms with E-state index in [1.54, 1.807) is 30.3 Å². The summed E-state index contributed by atoms with van der Waals surface area (Å²) in [7, 11) is -4.60. The van der Waals surface area contributed by atoms with Crippen molar-refractivity contribution < 1.29 is 31.2 Å². The van der Waals surface area contributed by atoms with E-state index < -0.39 is 56.9 Å². The zero-order valence-corrected chi connectivity index (χ0v) is 30.1. The second-order valence-corrected chi connectivity index (χ2v) is 15.4. The summed E-state index contributed by atoms with van der Waals surface area (Å²) >= 11 is 9.31. The van der Waals surface area contributed by atoms with Crippen LogP contribution in [0.2, 0.25) is 5.02 Å². The molecule has 50 heavy (non-hydrogen) atoms.